The zero-order chi connectivity index (χ0) is 22.0. The summed E-state index contributed by atoms with van der Waals surface area (Å²) in [6.07, 6.45) is 0. The minimum Gasteiger partial charge on any atom is -0.490 e. The van der Waals surface area contributed by atoms with Gasteiger partial charge in [-0.15, -0.1) is 0 Å². The molecule has 8 nitrogen and oxygen atoms in total. The molecule has 1 unspecified atom stereocenters. The number of carbonyl (C=O) groups is 1. The van der Waals surface area contributed by atoms with Crippen molar-refractivity contribution in [3.05, 3.63) is 76.8 Å². The Kier molecular flexibility index (Phi) is 5.62. The molecular formula is C23H25N5O3. The fourth-order valence-electron chi connectivity index (χ4n) is 3.70. The average Bonchev–Trinajstić information content (AvgIpc) is 3.12. The molecular weight excluding hydrogens is 394 g/mol. The number of anilines is 1. The van der Waals surface area contributed by atoms with E-state index in [2.05, 4.69) is 15.4 Å². The minimum absolute atomic E-state index is 0.422. The maximum Gasteiger partial charge on any atom is 0.248 e. The Morgan fingerprint density at radius 2 is 1.90 bits per heavy atom. The highest BCUT2D eigenvalue weighted by Gasteiger charge is 2.33. The van der Waals surface area contributed by atoms with Crippen molar-refractivity contribution in [1.82, 2.24) is 14.8 Å². The zero-order valence-electron chi connectivity index (χ0n) is 17.8. The van der Waals surface area contributed by atoms with Gasteiger partial charge in [-0.1, -0.05) is 36.4 Å². The number of ether oxygens (including phenoxy) is 2. The lowest BCUT2D eigenvalue weighted by Crippen LogP contribution is -2.31. The molecule has 3 N–H and O–H groups in total. The number of fused-ring (bicyclic) bond motifs is 1. The van der Waals surface area contributed by atoms with Crippen molar-refractivity contribution in [2.75, 3.05) is 11.9 Å². The van der Waals surface area contributed by atoms with Gasteiger partial charge in [-0.05, 0) is 44.0 Å². The molecule has 1 aliphatic rings. The van der Waals surface area contributed by atoms with Crippen LogP contribution in [0.1, 0.15) is 36.8 Å². The van der Waals surface area contributed by atoms with E-state index in [9.17, 15) is 4.79 Å². The SMILES string of the molecule is CCOc1cc(C2C(C(N)=O)=C(C)Nc3nc(C)nn32)ccc1OCc1ccccc1. The van der Waals surface area contributed by atoms with E-state index in [4.69, 9.17) is 15.2 Å². The predicted octanol–water partition coefficient (Wildman–Crippen LogP) is 3.34. The van der Waals surface area contributed by atoms with Crippen molar-refractivity contribution in [3.63, 3.8) is 0 Å². The number of carbonyl (C=O) groups excluding carboxylic acids is 1. The van der Waals surface area contributed by atoms with Crippen molar-refractivity contribution in [3.8, 4) is 11.5 Å². The van der Waals surface area contributed by atoms with E-state index in [1.54, 1.807) is 18.5 Å². The number of benzene rings is 2. The smallest absolute Gasteiger partial charge is 0.248 e. The lowest BCUT2D eigenvalue weighted by molar-refractivity contribution is -0.115. The lowest BCUT2D eigenvalue weighted by atomic mass is 9.95. The van der Waals surface area contributed by atoms with Gasteiger partial charge in [-0.3, -0.25) is 4.79 Å². The molecule has 8 heteroatoms. The summed E-state index contributed by atoms with van der Waals surface area (Å²) in [6.45, 7) is 6.42. The van der Waals surface area contributed by atoms with Crippen molar-refractivity contribution in [1.29, 1.82) is 0 Å². The number of hydrogen-bond donors (Lipinski definition) is 2. The number of hydrogen-bond acceptors (Lipinski definition) is 6. The molecule has 31 heavy (non-hydrogen) atoms. The van der Waals surface area contributed by atoms with Crippen LogP contribution in [0.2, 0.25) is 0 Å². The van der Waals surface area contributed by atoms with Gasteiger partial charge in [0.2, 0.25) is 11.9 Å². The molecule has 1 atom stereocenters. The summed E-state index contributed by atoms with van der Waals surface area (Å²) in [4.78, 5) is 16.7. The van der Waals surface area contributed by atoms with Crippen LogP contribution < -0.4 is 20.5 Å². The van der Waals surface area contributed by atoms with Gasteiger partial charge >= 0.3 is 0 Å². The van der Waals surface area contributed by atoms with E-state index < -0.39 is 11.9 Å². The number of nitrogens with two attached hydrogens (primary N) is 1. The summed E-state index contributed by atoms with van der Waals surface area (Å²) >= 11 is 0. The molecule has 2 aromatic carbocycles. The second kappa shape index (κ2) is 8.51. The summed E-state index contributed by atoms with van der Waals surface area (Å²) < 4.78 is 13.5. The number of nitrogens with zero attached hydrogens (tertiary/aromatic N) is 3. The van der Waals surface area contributed by atoms with E-state index >= 15 is 0 Å². The fourth-order valence-corrected chi connectivity index (χ4v) is 3.70. The third-order valence-electron chi connectivity index (χ3n) is 5.04. The van der Waals surface area contributed by atoms with Gasteiger partial charge in [0.25, 0.3) is 0 Å². The van der Waals surface area contributed by atoms with Crippen LogP contribution in [0.5, 0.6) is 11.5 Å². The summed E-state index contributed by atoms with van der Waals surface area (Å²) in [5.74, 6) is 1.86. The Hall–Kier alpha value is -3.81. The molecule has 3 aromatic rings. The molecule has 1 aliphatic heterocycles. The largest absolute Gasteiger partial charge is 0.490 e. The number of nitrogens with one attached hydrogen (secondary N) is 1. The topological polar surface area (TPSA) is 104 Å². The first-order chi connectivity index (χ1) is 15.0. The molecule has 0 radical (unpaired) electrons. The van der Waals surface area contributed by atoms with Crippen LogP contribution in [0.3, 0.4) is 0 Å². The number of aromatic nitrogens is 3. The molecule has 0 aliphatic carbocycles. The number of rotatable bonds is 7. The highest BCUT2D eigenvalue weighted by Crippen LogP contribution is 2.38. The molecule has 1 amide bonds. The monoisotopic (exact) mass is 419 g/mol. The maximum absolute atomic E-state index is 12.3. The number of primary amides is 1. The normalized spacial score (nSPS) is 15.3. The second-order valence-electron chi connectivity index (χ2n) is 7.27. The molecule has 0 bridgehead atoms. The summed E-state index contributed by atoms with van der Waals surface area (Å²) in [7, 11) is 0. The summed E-state index contributed by atoms with van der Waals surface area (Å²) in [5, 5.41) is 7.59. The Bertz CT molecular complexity index is 1140. The van der Waals surface area contributed by atoms with E-state index in [1.165, 1.54) is 0 Å². The molecule has 0 spiro atoms. The van der Waals surface area contributed by atoms with Crippen LogP contribution in [0, 0.1) is 6.92 Å². The molecule has 1 aromatic heterocycles. The van der Waals surface area contributed by atoms with Crippen LogP contribution in [0.4, 0.5) is 5.95 Å². The van der Waals surface area contributed by atoms with E-state index in [-0.39, 0.29) is 0 Å². The Labute approximate surface area is 180 Å². The fraction of sp³-hybridized carbons (Fsp3) is 0.261. The first-order valence-corrected chi connectivity index (χ1v) is 10.1. The predicted molar refractivity (Wildman–Crippen MR) is 117 cm³/mol. The van der Waals surface area contributed by atoms with Crippen molar-refractivity contribution < 1.29 is 14.3 Å². The molecule has 160 valence electrons. The van der Waals surface area contributed by atoms with E-state index in [0.717, 1.165) is 11.1 Å². The van der Waals surface area contributed by atoms with Crippen LogP contribution in [0.25, 0.3) is 0 Å². The summed E-state index contributed by atoms with van der Waals surface area (Å²) in [6, 6.07) is 15.0. The molecule has 0 saturated carbocycles. The maximum atomic E-state index is 12.3. The van der Waals surface area contributed by atoms with Crippen LogP contribution in [0.15, 0.2) is 59.8 Å². The van der Waals surface area contributed by atoms with Gasteiger partial charge < -0.3 is 20.5 Å². The molecule has 2 heterocycles. The Morgan fingerprint density at radius 1 is 1.13 bits per heavy atom. The van der Waals surface area contributed by atoms with Crippen LogP contribution >= 0.6 is 0 Å². The van der Waals surface area contributed by atoms with Crippen molar-refractivity contribution >= 4 is 11.9 Å². The van der Waals surface area contributed by atoms with E-state index in [1.807, 2.05) is 55.5 Å². The first kappa shape index (κ1) is 20.5. The zero-order valence-corrected chi connectivity index (χ0v) is 17.8. The van der Waals surface area contributed by atoms with Gasteiger partial charge in [-0.2, -0.15) is 10.1 Å². The van der Waals surface area contributed by atoms with Crippen LogP contribution in [-0.2, 0) is 11.4 Å². The highest BCUT2D eigenvalue weighted by atomic mass is 16.5. The third kappa shape index (κ3) is 4.09. The van der Waals surface area contributed by atoms with E-state index in [0.29, 0.717) is 47.8 Å². The summed E-state index contributed by atoms with van der Waals surface area (Å²) in [5.41, 5.74) is 8.68. The number of aryl methyl sites for hydroxylation is 1. The van der Waals surface area contributed by atoms with Gasteiger partial charge in [0.15, 0.2) is 11.5 Å². The number of allylic oxidation sites excluding steroid dienone is 1. The number of amides is 1. The Balaban J connectivity index is 1.73. The second-order valence-corrected chi connectivity index (χ2v) is 7.27. The van der Waals surface area contributed by atoms with Gasteiger partial charge in [0.1, 0.15) is 18.5 Å². The lowest BCUT2D eigenvalue weighted by Gasteiger charge is -2.28. The third-order valence-corrected chi connectivity index (χ3v) is 5.04. The van der Waals surface area contributed by atoms with Gasteiger partial charge in [0.05, 0.1) is 12.2 Å². The molecule has 4 rings (SSSR count). The quantitative estimate of drug-likeness (QED) is 0.609. The first-order valence-electron chi connectivity index (χ1n) is 10.1. The molecule has 0 fully saturated rings. The van der Waals surface area contributed by atoms with Gasteiger partial charge in [-0.25, -0.2) is 4.68 Å². The Morgan fingerprint density at radius 3 is 2.61 bits per heavy atom. The minimum atomic E-state index is -0.517. The molecule has 0 saturated heterocycles. The van der Waals surface area contributed by atoms with Gasteiger partial charge in [0, 0.05) is 5.70 Å². The van der Waals surface area contributed by atoms with Crippen LogP contribution in [-0.4, -0.2) is 27.3 Å². The average molecular weight is 419 g/mol. The highest BCUT2D eigenvalue weighted by molar-refractivity contribution is 5.95. The van der Waals surface area contributed by atoms with Crippen molar-refractivity contribution in [2.45, 2.75) is 33.4 Å². The standard InChI is InChI=1S/C23H25N5O3/c1-4-30-19-12-17(10-11-18(19)31-13-16-8-6-5-7-9-16)21-20(22(24)29)14(2)25-23-26-15(3)27-28(21)23/h5-12,21H,4,13H2,1-3H3,(H2,24,29)(H,25,26,27). The van der Waals surface area contributed by atoms with Crippen molar-refractivity contribution in [2.24, 2.45) is 5.73 Å².